The number of aromatic nitrogens is 4. The molecular formula is C16H11BN4. The minimum Gasteiger partial charge on any atom is -0.288 e. The first kappa shape index (κ1) is 12.1. The molecule has 0 bridgehead atoms. The zero-order chi connectivity index (χ0) is 14.2. The molecule has 21 heavy (non-hydrogen) atoms. The molecule has 2 radical (unpaired) electrons. The number of nitrogens with zero attached hydrogens (tertiary/aromatic N) is 4. The molecule has 4 nitrogen and oxygen atoms in total. The van der Waals surface area contributed by atoms with Crippen molar-refractivity contribution in [1.82, 2.24) is 19.4 Å². The number of imidazole rings is 1. The van der Waals surface area contributed by atoms with Crippen LogP contribution in [0.4, 0.5) is 0 Å². The summed E-state index contributed by atoms with van der Waals surface area (Å²) >= 11 is 0. The molecule has 0 spiro atoms. The van der Waals surface area contributed by atoms with Gasteiger partial charge in [0.05, 0.1) is 11.7 Å². The molecule has 98 valence electrons. The minimum absolute atomic E-state index is 0.629. The zero-order valence-electron chi connectivity index (χ0n) is 11.3. The van der Waals surface area contributed by atoms with Gasteiger partial charge >= 0.3 is 0 Å². The van der Waals surface area contributed by atoms with Crippen LogP contribution in [0, 0.1) is 0 Å². The van der Waals surface area contributed by atoms with Crippen LogP contribution >= 0.6 is 0 Å². The van der Waals surface area contributed by atoms with Gasteiger partial charge in [-0.25, -0.2) is 9.97 Å². The van der Waals surface area contributed by atoms with E-state index in [0.29, 0.717) is 11.2 Å². The molecule has 0 amide bonds. The Morgan fingerprint density at radius 1 is 1.05 bits per heavy atom. The van der Waals surface area contributed by atoms with Crippen molar-refractivity contribution in [2.45, 2.75) is 6.42 Å². The summed E-state index contributed by atoms with van der Waals surface area (Å²) in [5, 5.41) is 1.14. The van der Waals surface area contributed by atoms with E-state index in [0.717, 1.165) is 23.0 Å². The standard InChI is InChI=1S/C16H11BN4/c17-13-8-19-16-20-9-14(21(16)10-13)7-11-3-4-15-12(6-11)2-1-5-18-15/h1-6,8-10H,7H2. The molecule has 0 fully saturated rings. The van der Waals surface area contributed by atoms with Crippen LogP contribution in [0.15, 0.2) is 55.1 Å². The van der Waals surface area contributed by atoms with E-state index in [1.165, 1.54) is 5.56 Å². The normalized spacial score (nSPS) is 11.2. The molecule has 0 aliphatic heterocycles. The lowest BCUT2D eigenvalue weighted by Crippen LogP contribution is -2.08. The summed E-state index contributed by atoms with van der Waals surface area (Å²) in [4.78, 5) is 12.8. The van der Waals surface area contributed by atoms with Crippen molar-refractivity contribution in [2.75, 3.05) is 0 Å². The van der Waals surface area contributed by atoms with E-state index in [2.05, 4.69) is 33.2 Å². The highest BCUT2D eigenvalue weighted by Gasteiger charge is 2.06. The van der Waals surface area contributed by atoms with Gasteiger partial charge < -0.3 is 0 Å². The van der Waals surface area contributed by atoms with E-state index in [-0.39, 0.29) is 0 Å². The highest BCUT2D eigenvalue weighted by molar-refractivity contribution is 6.31. The molecule has 5 heteroatoms. The van der Waals surface area contributed by atoms with Gasteiger partial charge in [-0.15, -0.1) is 0 Å². The summed E-state index contributed by atoms with van der Waals surface area (Å²) in [5.41, 5.74) is 3.91. The summed E-state index contributed by atoms with van der Waals surface area (Å²) in [6, 6.07) is 10.3. The van der Waals surface area contributed by atoms with Gasteiger partial charge in [0, 0.05) is 36.1 Å². The van der Waals surface area contributed by atoms with Crippen LogP contribution in [0.25, 0.3) is 16.7 Å². The molecule has 4 aromatic rings. The number of fused-ring (bicyclic) bond motifs is 2. The Balaban J connectivity index is 1.77. The summed E-state index contributed by atoms with van der Waals surface area (Å²) in [6.45, 7) is 0. The van der Waals surface area contributed by atoms with E-state index >= 15 is 0 Å². The molecule has 0 saturated carbocycles. The average Bonchev–Trinajstić information content (AvgIpc) is 2.89. The highest BCUT2D eigenvalue weighted by Crippen LogP contribution is 2.16. The van der Waals surface area contributed by atoms with Crippen LogP contribution in [0.1, 0.15) is 11.3 Å². The lowest BCUT2D eigenvalue weighted by molar-refractivity contribution is 1.01. The minimum atomic E-state index is 0.629. The number of pyridine rings is 1. The first-order valence-electron chi connectivity index (χ1n) is 6.71. The Bertz CT molecular complexity index is 945. The third kappa shape index (κ3) is 2.16. The molecule has 4 rings (SSSR count). The molecule has 0 atom stereocenters. The summed E-state index contributed by atoms with van der Waals surface area (Å²) < 4.78 is 1.93. The fourth-order valence-corrected chi connectivity index (χ4v) is 2.51. The maximum Gasteiger partial charge on any atom is 0.233 e. The van der Waals surface area contributed by atoms with Crippen LogP contribution in [-0.2, 0) is 6.42 Å². The first-order chi connectivity index (χ1) is 10.3. The Labute approximate surface area is 122 Å². The lowest BCUT2D eigenvalue weighted by atomic mass is 10.0. The summed E-state index contributed by atoms with van der Waals surface area (Å²) in [7, 11) is 5.80. The topological polar surface area (TPSA) is 43.1 Å². The Morgan fingerprint density at radius 3 is 2.90 bits per heavy atom. The van der Waals surface area contributed by atoms with Crippen molar-refractivity contribution in [3.05, 3.63) is 66.4 Å². The largest absolute Gasteiger partial charge is 0.288 e. The van der Waals surface area contributed by atoms with Crippen LogP contribution in [0.2, 0.25) is 0 Å². The van der Waals surface area contributed by atoms with E-state index in [1.54, 1.807) is 12.4 Å². The molecule has 1 aromatic carbocycles. The predicted molar refractivity (Wildman–Crippen MR) is 82.9 cm³/mol. The number of hydrogen-bond donors (Lipinski definition) is 0. The summed E-state index contributed by atoms with van der Waals surface area (Å²) in [5.74, 6) is 0.668. The second-order valence-corrected chi connectivity index (χ2v) is 5.01. The third-order valence-corrected chi connectivity index (χ3v) is 3.51. The monoisotopic (exact) mass is 270 g/mol. The Kier molecular flexibility index (Phi) is 2.70. The highest BCUT2D eigenvalue weighted by atomic mass is 15.1. The molecule has 0 saturated heterocycles. The fourth-order valence-electron chi connectivity index (χ4n) is 2.51. The molecular weight excluding hydrogens is 259 g/mol. The smallest absolute Gasteiger partial charge is 0.233 e. The van der Waals surface area contributed by atoms with Crippen LogP contribution in [0.5, 0.6) is 0 Å². The molecule has 3 heterocycles. The van der Waals surface area contributed by atoms with Gasteiger partial charge in [-0.1, -0.05) is 17.6 Å². The van der Waals surface area contributed by atoms with Crippen LogP contribution in [-0.4, -0.2) is 27.2 Å². The van der Waals surface area contributed by atoms with Gasteiger partial charge in [0.2, 0.25) is 5.78 Å². The van der Waals surface area contributed by atoms with Gasteiger partial charge in [-0.2, -0.15) is 0 Å². The molecule has 0 N–H and O–H groups in total. The molecule has 3 aromatic heterocycles. The first-order valence-corrected chi connectivity index (χ1v) is 6.71. The predicted octanol–water partition coefficient (Wildman–Crippen LogP) is 1.66. The third-order valence-electron chi connectivity index (χ3n) is 3.51. The van der Waals surface area contributed by atoms with Crippen molar-refractivity contribution in [3.8, 4) is 0 Å². The van der Waals surface area contributed by atoms with Crippen molar-refractivity contribution in [1.29, 1.82) is 0 Å². The number of benzene rings is 1. The second-order valence-electron chi connectivity index (χ2n) is 5.01. The van der Waals surface area contributed by atoms with Gasteiger partial charge in [-0.3, -0.25) is 9.38 Å². The van der Waals surface area contributed by atoms with Gasteiger partial charge in [0.25, 0.3) is 0 Å². The number of rotatable bonds is 2. The van der Waals surface area contributed by atoms with Crippen molar-refractivity contribution in [3.63, 3.8) is 0 Å². The zero-order valence-corrected chi connectivity index (χ0v) is 11.3. The Hall–Kier alpha value is -2.69. The van der Waals surface area contributed by atoms with Crippen molar-refractivity contribution < 1.29 is 0 Å². The summed E-state index contributed by atoms with van der Waals surface area (Å²) in [6.07, 6.45) is 7.90. The van der Waals surface area contributed by atoms with E-state index < -0.39 is 0 Å². The quantitative estimate of drug-likeness (QED) is 0.520. The second kappa shape index (κ2) is 4.70. The van der Waals surface area contributed by atoms with Crippen LogP contribution in [0.3, 0.4) is 0 Å². The fraction of sp³-hybridized carbons (Fsp3) is 0.0625. The SMILES string of the molecule is [B]c1cnc2ncc(Cc3ccc4ncccc4c3)n2c1. The maximum atomic E-state index is 5.80. The molecule has 0 unspecified atom stereocenters. The lowest BCUT2D eigenvalue weighted by Gasteiger charge is -2.04. The van der Waals surface area contributed by atoms with Crippen molar-refractivity contribution in [2.24, 2.45) is 0 Å². The average molecular weight is 270 g/mol. The van der Waals surface area contributed by atoms with E-state index in [4.69, 9.17) is 7.85 Å². The van der Waals surface area contributed by atoms with E-state index in [1.807, 2.05) is 28.9 Å². The molecule has 0 aliphatic carbocycles. The van der Waals surface area contributed by atoms with Crippen LogP contribution < -0.4 is 5.46 Å². The number of hydrogen-bond acceptors (Lipinski definition) is 3. The Morgan fingerprint density at radius 2 is 1.95 bits per heavy atom. The molecule has 0 aliphatic rings. The van der Waals surface area contributed by atoms with Gasteiger partial charge in [0.1, 0.15) is 7.85 Å². The van der Waals surface area contributed by atoms with Gasteiger partial charge in [0.15, 0.2) is 0 Å². The van der Waals surface area contributed by atoms with Crippen molar-refractivity contribution >= 4 is 30.0 Å². The maximum absolute atomic E-state index is 5.80. The van der Waals surface area contributed by atoms with E-state index in [9.17, 15) is 0 Å². The van der Waals surface area contributed by atoms with Gasteiger partial charge in [-0.05, 0) is 23.8 Å².